The van der Waals surface area contributed by atoms with E-state index < -0.39 is 0 Å². The number of rotatable bonds is 4. The lowest BCUT2D eigenvalue weighted by molar-refractivity contribution is 0.220. The smallest absolute Gasteiger partial charge is 0.161 e. The molecule has 29 heavy (non-hydrogen) atoms. The van der Waals surface area contributed by atoms with Crippen LogP contribution in [0, 0.1) is 11.3 Å². The molecule has 1 fully saturated rings. The fourth-order valence-electron chi connectivity index (χ4n) is 5.37. The zero-order chi connectivity index (χ0) is 20.4. The molecule has 1 heterocycles. The van der Waals surface area contributed by atoms with E-state index in [1.165, 1.54) is 43.4 Å². The summed E-state index contributed by atoms with van der Waals surface area (Å²) in [6.45, 7) is 0. The summed E-state index contributed by atoms with van der Waals surface area (Å²) in [5, 5.41) is 10.1. The van der Waals surface area contributed by atoms with Crippen LogP contribution < -0.4 is 15.2 Å². The van der Waals surface area contributed by atoms with Gasteiger partial charge in [0, 0.05) is 17.7 Å². The van der Waals surface area contributed by atoms with E-state index in [1.807, 2.05) is 18.2 Å². The van der Waals surface area contributed by atoms with Gasteiger partial charge in [-0.15, -0.1) is 0 Å². The molecule has 4 rings (SSSR count). The lowest BCUT2D eigenvalue weighted by Gasteiger charge is -2.45. The summed E-state index contributed by atoms with van der Waals surface area (Å²) in [5.74, 6) is 1.97. The van der Waals surface area contributed by atoms with Gasteiger partial charge in [0.1, 0.15) is 5.82 Å². The molecule has 154 valence electrons. The normalized spacial score (nSPS) is 22.9. The van der Waals surface area contributed by atoms with Gasteiger partial charge in [-0.1, -0.05) is 25.3 Å². The molecule has 0 radical (unpaired) electrons. The van der Waals surface area contributed by atoms with Crippen molar-refractivity contribution < 1.29 is 9.47 Å². The van der Waals surface area contributed by atoms with Gasteiger partial charge in [-0.25, -0.2) is 0 Å². The second kappa shape index (κ2) is 8.41. The molecule has 1 unspecified atom stereocenters. The maximum atomic E-state index is 10.1. The Kier molecular flexibility index (Phi) is 5.71. The molecular formula is C24H31N3O2. The lowest BCUT2D eigenvalue weighted by atomic mass is 9.75. The van der Waals surface area contributed by atoms with Crippen molar-refractivity contribution in [2.24, 2.45) is 5.73 Å². The quantitative estimate of drug-likeness (QED) is 0.783. The number of hydrogen-bond donors (Lipinski definition) is 1. The van der Waals surface area contributed by atoms with Crippen LogP contribution in [0.15, 0.2) is 40.9 Å². The van der Waals surface area contributed by atoms with Crippen molar-refractivity contribution in [3.05, 3.63) is 46.4 Å². The Bertz CT molecular complexity index is 875. The molecule has 1 aromatic carbocycles. The van der Waals surface area contributed by atoms with E-state index in [0.29, 0.717) is 28.9 Å². The number of ether oxygens (including phenoxy) is 2. The first kappa shape index (κ1) is 19.7. The fraction of sp³-hybridized carbons (Fsp3) is 0.542. The summed E-state index contributed by atoms with van der Waals surface area (Å²) in [4.78, 5) is 2.35. The summed E-state index contributed by atoms with van der Waals surface area (Å²) in [6.07, 6.45) is 10.6. The number of nitrogens with zero attached hydrogens (tertiary/aromatic N) is 2. The van der Waals surface area contributed by atoms with Crippen LogP contribution >= 0.6 is 0 Å². The third-order valence-corrected chi connectivity index (χ3v) is 6.75. The monoisotopic (exact) mass is 393 g/mol. The minimum Gasteiger partial charge on any atom is -0.493 e. The van der Waals surface area contributed by atoms with Gasteiger partial charge in [0.2, 0.25) is 0 Å². The molecule has 3 aliphatic rings. The van der Waals surface area contributed by atoms with E-state index in [1.54, 1.807) is 14.2 Å². The molecule has 0 spiro atoms. The van der Waals surface area contributed by atoms with Gasteiger partial charge in [-0.2, -0.15) is 5.26 Å². The standard InChI is InChI=1S/C24H31N3O2/c1-28-21-13-12-16(14-22(21)29-2)23-18-10-6-7-11-20(18)27(24(26)19(23)15-25)17-8-4-3-5-9-17/h12-14,17,23H,3-11,26H2,1-2H3. The molecule has 2 aliphatic carbocycles. The van der Waals surface area contributed by atoms with E-state index in [9.17, 15) is 5.26 Å². The second-order valence-corrected chi connectivity index (χ2v) is 8.30. The van der Waals surface area contributed by atoms with E-state index in [2.05, 4.69) is 11.0 Å². The van der Waals surface area contributed by atoms with Crippen LogP contribution in [0.25, 0.3) is 0 Å². The van der Waals surface area contributed by atoms with E-state index >= 15 is 0 Å². The number of benzene rings is 1. The largest absolute Gasteiger partial charge is 0.493 e. The molecular weight excluding hydrogens is 362 g/mol. The molecule has 5 nitrogen and oxygen atoms in total. The summed E-state index contributed by atoms with van der Waals surface area (Å²) < 4.78 is 10.9. The Morgan fingerprint density at radius 3 is 2.41 bits per heavy atom. The van der Waals surface area contributed by atoms with E-state index in [-0.39, 0.29) is 5.92 Å². The fourth-order valence-corrected chi connectivity index (χ4v) is 5.37. The minimum atomic E-state index is -0.0880. The Labute approximate surface area is 173 Å². The topological polar surface area (TPSA) is 71.5 Å². The number of nitrogens with two attached hydrogens (primary N) is 1. The van der Waals surface area contributed by atoms with Gasteiger partial charge in [0.05, 0.1) is 25.9 Å². The summed E-state index contributed by atoms with van der Waals surface area (Å²) >= 11 is 0. The predicted molar refractivity (Wildman–Crippen MR) is 113 cm³/mol. The predicted octanol–water partition coefficient (Wildman–Crippen LogP) is 4.96. The molecule has 0 aromatic heterocycles. The molecule has 1 atom stereocenters. The molecule has 0 amide bonds. The van der Waals surface area contributed by atoms with Gasteiger partial charge in [-0.05, 0) is 61.8 Å². The highest BCUT2D eigenvalue weighted by Gasteiger charge is 2.39. The first-order valence-electron chi connectivity index (χ1n) is 10.8. The second-order valence-electron chi connectivity index (χ2n) is 8.30. The third kappa shape index (κ3) is 3.46. The van der Waals surface area contributed by atoms with Crippen LogP contribution in [-0.4, -0.2) is 25.2 Å². The zero-order valence-corrected chi connectivity index (χ0v) is 17.5. The van der Waals surface area contributed by atoms with Gasteiger partial charge in [0.15, 0.2) is 11.5 Å². The highest BCUT2D eigenvalue weighted by atomic mass is 16.5. The number of allylic oxidation sites excluding steroid dienone is 3. The van der Waals surface area contributed by atoms with Crippen molar-refractivity contribution in [1.82, 2.24) is 4.90 Å². The van der Waals surface area contributed by atoms with Gasteiger partial charge in [0.25, 0.3) is 0 Å². The van der Waals surface area contributed by atoms with Gasteiger partial charge in [-0.3, -0.25) is 0 Å². The Morgan fingerprint density at radius 1 is 1.00 bits per heavy atom. The maximum absolute atomic E-state index is 10.1. The number of nitriles is 1. The number of methoxy groups -OCH3 is 2. The maximum Gasteiger partial charge on any atom is 0.161 e. The summed E-state index contributed by atoms with van der Waals surface area (Å²) in [6, 6.07) is 8.89. The average molecular weight is 394 g/mol. The van der Waals surface area contributed by atoms with Crippen LogP contribution in [0.3, 0.4) is 0 Å². The molecule has 1 saturated carbocycles. The first-order valence-corrected chi connectivity index (χ1v) is 10.8. The average Bonchev–Trinajstić information content (AvgIpc) is 2.78. The first-order chi connectivity index (χ1) is 14.2. The van der Waals surface area contributed by atoms with Crippen LogP contribution in [0.4, 0.5) is 0 Å². The van der Waals surface area contributed by atoms with Gasteiger partial charge >= 0.3 is 0 Å². The van der Waals surface area contributed by atoms with Crippen molar-refractivity contribution in [3.8, 4) is 17.6 Å². The Balaban J connectivity index is 1.83. The SMILES string of the molecule is COc1ccc(C2C(C#N)=C(N)N(C3CCCCC3)C3=C2CCCC3)cc1OC. The van der Waals surface area contributed by atoms with Crippen molar-refractivity contribution in [2.75, 3.05) is 14.2 Å². The Morgan fingerprint density at radius 2 is 1.72 bits per heavy atom. The lowest BCUT2D eigenvalue weighted by Crippen LogP contribution is -2.43. The highest BCUT2D eigenvalue weighted by molar-refractivity contribution is 5.55. The van der Waals surface area contributed by atoms with Crippen LogP contribution in [0.1, 0.15) is 69.3 Å². The highest BCUT2D eigenvalue weighted by Crippen LogP contribution is 2.48. The molecule has 0 bridgehead atoms. The number of hydrogen-bond acceptors (Lipinski definition) is 5. The molecule has 0 saturated heterocycles. The van der Waals surface area contributed by atoms with Gasteiger partial charge < -0.3 is 20.1 Å². The van der Waals surface area contributed by atoms with E-state index in [0.717, 1.165) is 31.2 Å². The van der Waals surface area contributed by atoms with Crippen LogP contribution in [0.5, 0.6) is 11.5 Å². The van der Waals surface area contributed by atoms with Crippen LogP contribution in [0.2, 0.25) is 0 Å². The molecule has 5 heteroatoms. The van der Waals surface area contributed by atoms with E-state index in [4.69, 9.17) is 15.2 Å². The molecule has 1 aliphatic heterocycles. The van der Waals surface area contributed by atoms with Crippen molar-refractivity contribution in [1.29, 1.82) is 5.26 Å². The van der Waals surface area contributed by atoms with Crippen molar-refractivity contribution in [2.45, 2.75) is 69.7 Å². The van der Waals surface area contributed by atoms with Crippen molar-refractivity contribution >= 4 is 0 Å². The third-order valence-electron chi connectivity index (χ3n) is 6.75. The zero-order valence-electron chi connectivity index (χ0n) is 17.5. The summed E-state index contributed by atoms with van der Waals surface area (Å²) in [7, 11) is 3.29. The minimum absolute atomic E-state index is 0.0880. The molecule has 2 N–H and O–H groups in total. The molecule has 1 aromatic rings. The Hall–Kier alpha value is -2.61. The summed E-state index contributed by atoms with van der Waals surface area (Å²) in [5.41, 5.74) is 11.2. The van der Waals surface area contributed by atoms with Crippen molar-refractivity contribution in [3.63, 3.8) is 0 Å². The van der Waals surface area contributed by atoms with Crippen LogP contribution in [-0.2, 0) is 0 Å².